The van der Waals surface area contributed by atoms with Gasteiger partial charge < -0.3 is 25.4 Å². The summed E-state index contributed by atoms with van der Waals surface area (Å²) in [5, 5.41) is 4.51. The molecule has 2 saturated heterocycles. The van der Waals surface area contributed by atoms with E-state index in [9.17, 15) is 0 Å². The van der Waals surface area contributed by atoms with Crippen molar-refractivity contribution in [1.29, 1.82) is 0 Å². The number of hydrogen-bond acceptors (Lipinski definition) is 10. The minimum Gasteiger partial charge on any atom is -0.475 e. The fraction of sp³-hybridized carbons (Fsp3) is 0.357. The third kappa shape index (κ3) is 5.61. The molecule has 196 valence electrons. The Kier molecular flexibility index (Phi) is 7.14. The molecule has 2 fully saturated rings. The first kappa shape index (κ1) is 24.3. The summed E-state index contributed by atoms with van der Waals surface area (Å²) in [6.45, 7) is 6.46. The van der Waals surface area contributed by atoms with E-state index in [-0.39, 0.29) is 0 Å². The Bertz CT molecular complexity index is 1390. The van der Waals surface area contributed by atoms with Crippen LogP contribution in [0.2, 0.25) is 0 Å². The van der Waals surface area contributed by atoms with Crippen LogP contribution in [0.1, 0.15) is 12.8 Å². The van der Waals surface area contributed by atoms with Crippen molar-refractivity contribution in [3.63, 3.8) is 0 Å². The number of pyridine rings is 2. The largest absolute Gasteiger partial charge is 0.475 e. The van der Waals surface area contributed by atoms with E-state index in [4.69, 9.17) is 30.2 Å². The van der Waals surface area contributed by atoms with Gasteiger partial charge in [-0.25, -0.2) is 15.0 Å². The zero-order chi connectivity index (χ0) is 25.7. The van der Waals surface area contributed by atoms with E-state index in [0.717, 1.165) is 60.6 Å². The van der Waals surface area contributed by atoms with Crippen LogP contribution in [-0.2, 0) is 4.74 Å². The van der Waals surface area contributed by atoms with Gasteiger partial charge in [-0.2, -0.15) is 4.98 Å². The van der Waals surface area contributed by atoms with Crippen LogP contribution in [-0.4, -0.2) is 77.4 Å². The van der Waals surface area contributed by atoms with Crippen LogP contribution < -0.4 is 20.7 Å². The number of nitrogens with one attached hydrogen (secondary N) is 1. The third-order valence-corrected chi connectivity index (χ3v) is 6.89. The van der Waals surface area contributed by atoms with Crippen molar-refractivity contribution in [2.45, 2.75) is 12.8 Å². The zero-order valence-electron chi connectivity index (χ0n) is 21.3. The van der Waals surface area contributed by atoms with Gasteiger partial charge in [0, 0.05) is 42.8 Å². The van der Waals surface area contributed by atoms with E-state index in [1.807, 2.05) is 36.4 Å². The summed E-state index contributed by atoms with van der Waals surface area (Å²) < 4.78 is 11.8. The molecular formula is C28H32N8O2. The molecule has 10 heteroatoms. The monoisotopic (exact) mass is 512 g/mol. The first-order valence-corrected chi connectivity index (χ1v) is 13.2. The molecule has 38 heavy (non-hydrogen) atoms. The van der Waals surface area contributed by atoms with Gasteiger partial charge in [-0.3, -0.25) is 4.90 Å². The topological polar surface area (TPSA) is 115 Å². The molecule has 3 aromatic heterocycles. The molecule has 0 spiro atoms. The van der Waals surface area contributed by atoms with Crippen LogP contribution in [0.15, 0.2) is 54.7 Å². The first-order chi connectivity index (χ1) is 18.7. The van der Waals surface area contributed by atoms with E-state index in [2.05, 4.69) is 26.2 Å². The van der Waals surface area contributed by atoms with Crippen LogP contribution >= 0.6 is 0 Å². The number of nitrogen functional groups attached to an aromatic ring is 1. The lowest BCUT2D eigenvalue weighted by molar-refractivity contribution is 0.122. The summed E-state index contributed by atoms with van der Waals surface area (Å²) in [4.78, 5) is 23.4. The Morgan fingerprint density at radius 2 is 1.79 bits per heavy atom. The molecule has 1 aromatic carbocycles. The van der Waals surface area contributed by atoms with Crippen molar-refractivity contribution >= 4 is 34.2 Å². The standard InChI is InChI=1S/C28H32N8O2/c29-25-8-7-21(19-30-25)23-18-26(34-28(33-23)36-12-14-37-15-13-36)31-24-17-20-5-1-2-6-22(20)32-27(24)38-16-11-35-9-3-4-10-35/h1-2,5-8,17-19H,3-4,9-16H2,(H2,29,30)(H,31,33,34). The lowest BCUT2D eigenvalue weighted by atomic mass is 10.2. The maximum atomic E-state index is 6.24. The van der Waals surface area contributed by atoms with Crippen molar-refractivity contribution in [2.24, 2.45) is 0 Å². The van der Waals surface area contributed by atoms with Gasteiger partial charge in [0.05, 0.1) is 24.4 Å². The number of nitrogens with zero attached hydrogens (tertiary/aromatic N) is 6. The fourth-order valence-corrected chi connectivity index (χ4v) is 4.82. The average molecular weight is 513 g/mol. The van der Waals surface area contributed by atoms with E-state index >= 15 is 0 Å². The molecule has 0 unspecified atom stereocenters. The minimum absolute atomic E-state index is 0.465. The quantitative estimate of drug-likeness (QED) is 0.362. The number of aromatic nitrogens is 4. The Hall–Kier alpha value is -4.02. The summed E-state index contributed by atoms with van der Waals surface area (Å²) in [5.41, 5.74) is 9.08. The van der Waals surface area contributed by atoms with Gasteiger partial charge >= 0.3 is 0 Å². The fourth-order valence-electron chi connectivity index (χ4n) is 4.82. The smallest absolute Gasteiger partial charge is 0.238 e. The SMILES string of the molecule is Nc1ccc(-c2cc(Nc3cc4ccccc4nc3OCCN3CCCC3)nc(N3CCOCC3)n2)cn1. The van der Waals surface area contributed by atoms with Gasteiger partial charge in [-0.15, -0.1) is 0 Å². The highest BCUT2D eigenvalue weighted by atomic mass is 16.5. The number of likely N-dealkylation sites (tertiary alicyclic amines) is 1. The maximum Gasteiger partial charge on any atom is 0.238 e. The Balaban J connectivity index is 1.34. The molecule has 4 aromatic rings. The predicted octanol–water partition coefficient (Wildman–Crippen LogP) is 3.72. The molecule has 3 N–H and O–H groups in total. The van der Waals surface area contributed by atoms with Crippen LogP contribution in [0.3, 0.4) is 0 Å². The summed E-state index contributed by atoms with van der Waals surface area (Å²) in [7, 11) is 0. The van der Waals surface area contributed by atoms with Crippen molar-refractivity contribution in [3.8, 4) is 17.1 Å². The van der Waals surface area contributed by atoms with E-state index in [0.29, 0.717) is 43.3 Å². The van der Waals surface area contributed by atoms with Crippen molar-refractivity contribution in [3.05, 3.63) is 54.7 Å². The van der Waals surface area contributed by atoms with Gasteiger partial charge in [0.1, 0.15) is 23.9 Å². The second-order valence-corrected chi connectivity index (χ2v) is 9.57. The van der Waals surface area contributed by atoms with Crippen LogP contribution in [0.25, 0.3) is 22.2 Å². The predicted molar refractivity (Wildman–Crippen MR) is 149 cm³/mol. The summed E-state index contributed by atoms with van der Waals surface area (Å²) in [6, 6.07) is 15.7. The Morgan fingerprint density at radius 1 is 0.947 bits per heavy atom. The highest BCUT2D eigenvalue weighted by Crippen LogP contribution is 2.31. The highest BCUT2D eigenvalue weighted by molar-refractivity contribution is 5.85. The zero-order valence-corrected chi connectivity index (χ0v) is 21.3. The Morgan fingerprint density at radius 3 is 2.61 bits per heavy atom. The molecule has 0 bridgehead atoms. The molecule has 0 aliphatic carbocycles. The highest BCUT2D eigenvalue weighted by Gasteiger charge is 2.18. The lowest BCUT2D eigenvalue weighted by Crippen LogP contribution is -2.37. The van der Waals surface area contributed by atoms with Gasteiger partial charge in [-0.05, 0) is 50.2 Å². The number of rotatable bonds is 8. The number of anilines is 4. The summed E-state index contributed by atoms with van der Waals surface area (Å²) in [6.07, 6.45) is 4.24. The van der Waals surface area contributed by atoms with Crippen molar-refractivity contribution in [2.75, 3.05) is 68.5 Å². The summed E-state index contributed by atoms with van der Waals surface area (Å²) in [5.74, 6) is 2.31. The molecular weight excluding hydrogens is 480 g/mol. The Labute approximate surface area is 221 Å². The second-order valence-electron chi connectivity index (χ2n) is 9.57. The number of ether oxygens (including phenoxy) is 2. The van der Waals surface area contributed by atoms with Crippen molar-refractivity contribution < 1.29 is 9.47 Å². The molecule has 2 aliphatic rings. The van der Waals surface area contributed by atoms with Gasteiger partial charge in [-0.1, -0.05) is 18.2 Å². The van der Waals surface area contributed by atoms with Gasteiger partial charge in [0.25, 0.3) is 0 Å². The number of fused-ring (bicyclic) bond motifs is 1. The minimum atomic E-state index is 0.465. The summed E-state index contributed by atoms with van der Waals surface area (Å²) >= 11 is 0. The van der Waals surface area contributed by atoms with Gasteiger partial charge in [0.2, 0.25) is 11.8 Å². The number of hydrogen-bond donors (Lipinski definition) is 2. The van der Waals surface area contributed by atoms with E-state index in [1.54, 1.807) is 12.3 Å². The van der Waals surface area contributed by atoms with Crippen LogP contribution in [0, 0.1) is 0 Å². The first-order valence-electron chi connectivity index (χ1n) is 13.2. The molecule has 0 radical (unpaired) electrons. The lowest BCUT2D eigenvalue weighted by Gasteiger charge is -2.27. The maximum absolute atomic E-state index is 6.24. The van der Waals surface area contributed by atoms with E-state index < -0.39 is 0 Å². The van der Waals surface area contributed by atoms with E-state index in [1.165, 1.54) is 12.8 Å². The normalized spacial score (nSPS) is 16.2. The molecule has 6 rings (SSSR count). The molecule has 0 saturated carbocycles. The van der Waals surface area contributed by atoms with Crippen LogP contribution in [0.4, 0.5) is 23.3 Å². The van der Waals surface area contributed by atoms with Crippen molar-refractivity contribution in [1.82, 2.24) is 24.8 Å². The molecule has 0 amide bonds. The number of morpholine rings is 1. The number of para-hydroxylation sites is 1. The average Bonchev–Trinajstić information content (AvgIpc) is 3.48. The number of benzene rings is 1. The van der Waals surface area contributed by atoms with Crippen LogP contribution in [0.5, 0.6) is 5.88 Å². The molecule has 10 nitrogen and oxygen atoms in total. The molecule has 5 heterocycles. The van der Waals surface area contributed by atoms with Gasteiger partial charge in [0.15, 0.2) is 0 Å². The molecule has 2 aliphatic heterocycles. The second kappa shape index (κ2) is 11.2. The third-order valence-electron chi connectivity index (χ3n) is 6.89. The molecule has 0 atom stereocenters. The number of nitrogens with two attached hydrogens (primary N) is 1.